The third kappa shape index (κ3) is 7.86. The summed E-state index contributed by atoms with van der Waals surface area (Å²) < 4.78 is 66.3. The minimum atomic E-state index is -4.66. The van der Waals surface area contributed by atoms with Gasteiger partial charge in [-0.3, -0.25) is 4.99 Å². The highest BCUT2D eigenvalue weighted by molar-refractivity contribution is 7.88. The Hall–Kier alpha value is -2.83. The number of rotatable bonds is 8. The van der Waals surface area contributed by atoms with Crippen molar-refractivity contribution >= 4 is 27.3 Å². The van der Waals surface area contributed by atoms with Crippen molar-refractivity contribution in [3.05, 3.63) is 58.5 Å². The lowest BCUT2D eigenvalue weighted by Crippen LogP contribution is -2.42. The molecule has 39 heavy (non-hydrogen) atoms. The lowest BCUT2D eigenvalue weighted by atomic mass is 9.92. The summed E-state index contributed by atoms with van der Waals surface area (Å²) in [6, 6.07) is 5.38. The number of nitrogens with one attached hydrogen (secondary N) is 1. The van der Waals surface area contributed by atoms with E-state index < -0.39 is 27.4 Å². The molecule has 1 aliphatic heterocycles. The van der Waals surface area contributed by atoms with Gasteiger partial charge in [0.25, 0.3) is 0 Å². The predicted molar refractivity (Wildman–Crippen MR) is 147 cm³/mol. The van der Waals surface area contributed by atoms with Crippen LogP contribution in [0.4, 0.5) is 19.1 Å². The van der Waals surface area contributed by atoms with Gasteiger partial charge in [0.2, 0.25) is 16.0 Å². The Bertz CT molecular complexity index is 1360. The first-order valence-electron chi connectivity index (χ1n) is 12.7. The summed E-state index contributed by atoms with van der Waals surface area (Å²) in [5, 5.41) is 13.3. The minimum Gasteiger partial charge on any atom is -0.386 e. The number of allylic oxidation sites excluding steroid dienone is 1. The number of anilines is 1. The normalized spacial score (nSPS) is 17.0. The Kier molecular flexibility index (Phi) is 9.24. The van der Waals surface area contributed by atoms with Crippen LogP contribution in [-0.4, -0.2) is 58.9 Å². The molecule has 1 saturated heterocycles. The van der Waals surface area contributed by atoms with Gasteiger partial charge in [0, 0.05) is 37.2 Å². The number of aryl methyl sites for hydroxylation is 1. The molecule has 0 spiro atoms. The van der Waals surface area contributed by atoms with E-state index in [0.29, 0.717) is 38.1 Å². The zero-order valence-electron chi connectivity index (χ0n) is 23.1. The largest absolute Gasteiger partial charge is 0.419 e. The summed E-state index contributed by atoms with van der Waals surface area (Å²) >= 11 is 0. The van der Waals surface area contributed by atoms with Gasteiger partial charge in [-0.05, 0) is 69.2 Å². The quantitative estimate of drug-likeness (QED) is 0.429. The van der Waals surface area contributed by atoms with E-state index in [4.69, 9.17) is 0 Å². The monoisotopic (exact) mass is 567 g/mol. The summed E-state index contributed by atoms with van der Waals surface area (Å²) in [7, 11) is -3.29. The van der Waals surface area contributed by atoms with Crippen molar-refractivity contribution in [1.82, 2.24) is 14.3 Å². The molecule has 2 aromatic rings. The molecule has 0 atom stereocenters. The lowest BCUT2D eigenvalue weighted by Gasteiger charge is -2.30. The van der Waals surface area contributed by atoms with Gasteiger partial charge in [0.05, 0.1) is 23.1 Å². The van der Waals surface area contributed by atoms with Crippen LogP contribution in [-0.2, 0) is 21.8 Å². The van der Waals surface area contributed by atoms with Crippen LogP contribution in [0.3, 0.4) is 0 Å². The molecule has 0 saturated carbocycles. The number of aliphatic hydroxyl groups is 1. The maximum atomic E-state index is 13.8. The number of nitrogens with zero attached hydrogens (tertiary/aromatic N) is 4. The number of benzene rings is 1. The molecule has 0 amide bonds. The second kappa shape index (κ2) is 11.7. The minimum absolute atomic E-state index is 0.0429. The number of piperidine rings is 1. The van der Waals surface area contributed by atoms with Gasteiger partial charge in [0.15, 0.2) is 0 Å². The third-order valence-corrected chi connectivity index (χ3v) is 8.02. The molecule has 3 rings (SSSR count). The van der Waals surface area contributed by atoms with E-state index in [0.717, 1.165) is 29.1 Å². The number of alkyl halides is 3. The highest BCUT2D eigenvalue weighted by Gasteiger charge is 2.36. The zero-order chi connectivity index (χ0) is 29.2. The van der Waals surface area contributed by atoms with Crippen LogP contribution in [0.15, 0.2) is 35.6 Å². The van der Waals surface area contributed by atoms with E-state index in [2.05, 4.69) is 20.3 Å². The average Bonchev–Trinajstić information content (AvgIpc) is 2.83. The summed E-state index contributed by atoms with van der Waals surface area (Å²) in [4.78, 5) is 12.6. The molecule has 0 bridgehead atoms. The molecule has 2 heterocycles. The van der Waals surface area contributed by atoms with Crippen LogP contribution in [0.1, 0.15) is 74.9 Å². The van der Waals surface area contributed by atoms with Crippen LogP contribution in [0.2, 0.25) is 0 Å². The van der Waals surface area contributed by atoms with Crippen molar-refractivity contribution in [1.29, 1.82) is 0 Å². The molecule has 1 aromatic heterocycles. The van der Waals surface area contributed by atoms with Gasteiger partial charge in [-0.25, -0.2) is 22.7 Å². The van der Waals surface area contributed by atoms with Crippen molar-refractivity contribution in [2.75, 3.05) is 24.7 Å². The molecule has 0 radical (unpaired) electrons. The van der Waals surface area contributed by atoms with Crippen LogP contribution in [0, 0.1) is 6.92 Å². The molecule has 0 aliphatic carbocycles. The first-order chi connectivity index (χ1) is 18.0. The number of hydrogen-bond donors (Lipinski definition) is 2. The molecular formula is C27H36F3N5O3S. The van der Waals surface area contributed by atoms with Crippen molar-refractivity contribution in [2.45, 2.75) is 71.7 Å². The molecule has 0 unspecified atom stereocenters. The van der Waals surface area contributed by atoms with E-state index in [1.165, 1.54) is 17.4 Å². The molecule has 12 heteroatoms. The first-order valence-corrected chi connectivity index (χ1v) is 14.6. The first kappa shape index (κ1) is 30.7. The highest BCUT2D eigenvalue weighted by Crippen LogP contribution is 2.34. The average molecular weight is 568 g/mol. The van der Waals surface area contributed by atoms with E-state index in [-0.39, 0.29) is 23.3 Å². The van der Waals surface area contributed by atoms with Gasteiger partial charge in [-0.1, -0.05) is 25.1 Å². The molecule has 214 valence electrons. The second-order valence-electron chi connectivity index (χ2n) is 10.4. The number of aromatic nitrogens is 2. The maximum absolute atomic E-state index is 13.8. The molecule has 8 nitrogen and oxygen atoms in total. The van der Waals surface area contributed by atoms with Crippen LogP contribution >= 0.6 is 0 Å². The summed E-state index contributed by atoms with van der Waals surface area (Å²) in [6.07, 6.45) is 0.145. The topological polar surface area (TPSA) is 108 Å². The number of halogens is 3. The Morgan fingerprint density at radius 3 is 2.41 bits per heavy atom. The Balaban J connectivity index is 1.90. The van der Waals surface area contributed by atoms with E-state index in [1.54, 1.807) is 13.8 Å². The maximum Gasteiger partial charge on any atom is 0.419 e. The smallest absolute Gasteiger partial charge is 0.386 e. The molecule has 1 aliphatic rings. The van der Waals surface area contributed by atoms with Crippen molar-refractivity contribution in [2.24, 2.45) is 4.99 Å². The lowest BCUT2D eigenvalue weighted by molar-refractivity contribution is -0.138. The van der Waals surface area contributed by atoms with Gasteiger partial charge in [-0.2, -0.15) is 13.2 Å². The Morgan fingerprint density at radius 1 is 1.26 bits per heavy atom. The van der Waals surface area contributed by atoms with E-state index in [9.17, 15) is 26.7 Å². The fourth-order valence-corrected chi connectivity index (χ4v) is 5.30. The molecular weight excluding hydrogens is 531 g/mol. The van der Waals surface area contributed by atoms with Crippen LogP contribution in [0.5, 0.6) is 0 Å². The molecule has 1 aromatic carbocycles. The Labute approximate surface area is 228 Å². The highest BCUT2D eigenvalue weighted by atomic mass is 32.2. The summed E-state index contributed by atoms with van der Waals surface area (Å²) in [6.45, 7) is 9.35. The van der Waals surface area contributed by atoms with Crippen LogP contribution < -0.4 is 5.32 Å². The van der Waals surface area contributed by atoms with Gasteiger partial charge < -0.3 is 10.4 Å². The van der Waals surface area contributed by atoms with Crippen molar-refractivity contribution < 1.29 is 26.7 Å². The SMILES string of the molecule is CC/C(=N\C=C(/C)c1nc(NC2CCN(S(C)(=O)=O)CC2)ncc1C(F)(F)F)c1ccc(C(C)(C)O)cc1C. The number of aliphatic imine (C=N–C) groups is 1. The van der Waals surface area contributed by atoms with Crippen LogP contribution in [0.25, 0.3) is 5.57 Å². The fraction of sp³-hybridized carbons (Fsp3) is 0.519. The van der Waals surface area contributed by atoms with E-state index in [1.807, 2.05) is 32.0 Å². The zero-order valence-corrected chi connectivity index (χ0v) is 23.9. The van der Waals surface area contributed by atoms with Gasteiger partial charge in [-0.15, -0.1) is 0 Å². The standard InChI is InChI=1S/C27H36F3N5O3S/c1-7-23(21-9-8-19(14-17(21)2)26(4,5)36)31-15-18(3)24-22(27(28,29)30)16-32-25(34-24)33-20-10-12-35(13-11-20)39(6,37)38/h8-9,14-16,20,36H,7,10-13H2,1-6H3,(H,32,33,34)/b18-15+,31-23+. The predicted octanol–water partition coefficient (Wildman–Crippen LogP) is 5.13. The van der Waals surface area contributed by atoms with Crippen molar-refractivity contribution in [3.63, 3.8) is 0 Å². The third-order valence-electron chi connectivity index (χ3n) is 6.72. The second-order valence-corrected chi connectivity index (χ2v) is 12.3. The molecule has 1 fully saturated rings. The van der Waals surface area contributed by atoms with Gasteiger partial charge in [0.1, 0.15) is 0 Å². The summed E-state index contributed by atoms with van der Waals surface area (Å²) in [5.74, 6) is 0.0429. The van der Waals surface area contributed by atoms with Crippen molar-refractivity contribution in [3.8, 4) is 0 Å². The molecule has 2 N–H and O–H groups in total. The van der Waals surface area contributed by atoms with Gasteiger partial charge >= 0.3 is 6.18 Å². The number of sulfonamides is 1. The van der Waals surface area contributed by atoms with E-state index >= 15 is 0 Å². The fourth-order valence-electron chi connectivity index (χ4n) is 4.43. The number of hydrogen-bond acceptors (Lipinski definition) is 7. The summed E-state index contributed by atoms with van der Waals surface area (Å²) in [5.41, 5.74) is 1.16. The Morgan fingerprint density at radius 2 is 1.90 bits per heavy atom.